The Kier molecular flexibility index (Phi) is 9.12. The molecule has 1 atom stereocenters. The molecule has 168 valence electrons. The van der Waals surface area contributed by atoms with E-state index in [2.05, 4.69) is 9.98 Å². The Morgan fingerprint density at radius 3 is 2.58 bits per heavy atom. The maximum atomic E-state index is 12.0. The van der Waals surface area contributed by atoms with Gasteiger partial charge in [0, 0.05) is 12.8 Å². The number of rotatable bonds is 8. The lowest BCUT2D eigenvalue weighted by Crippen LogP contribution is -2.20. The lowest BCUT2D eigenvalue weighted by Gasteiger charge is -2.11. The number of aliphatic hydroxyl groups is 1. The maximum absolute atomic E-state index is 12.0. The monoisotopic (exact) mass is 472 g/mol. The number of ether oxygens (including phenoxy) is 1. The Balaban J connectivity index is 0.000000488. The summed E-state index contributed by atoms with van der Waals surface area (Å²) < 4.78 is 34.8. The van der Waals surface area contributed by atoms with E-state index in [1.807, 2.05) is 6.92 Å². The van der Waals surface area contributed by atoms with Gasteiger partial charge in [-0.3, -0.25) is 13.7 Å². The molecule has 0 aliphatic carbocycles. The Morgan fingerprint density at radius 2 is 2.10 bits per heavy atom. The summed E-state index contributed by atoms with van der Waals surface area (Å²) in [7, 11) is -3.96. The van der Waals surface area contributed by atoms with Gasteiger partial charge in [-0.2, -0.15) is 8.42 Å². The van der Waals surface area contributed by atoms with Crippen molar-refractivity contribution in [2.45, 2.75) is 30.9 Å². The first-order valence-corrected chi connectivity index (χ1v) is 10.8. The zero-order chi connectivity index (χ0) is 22.9. The van der Waals surface area contributed by atoms with Crippen LogP contribution in [0.2, 0.25) is 5.28 Å². The van der Waals surface area contributed by atoms with Crippen molar-refractivity contribution in [2.75, 3.05) is 13.3 Å². The summed E-state index contributed by atoms with van der Waals surface area (Å²) in [6, 6.07) is 6.12. The van der Waals surface area contributed by atoms with Crippen LogP contribution in [0.4, 0.5) is 5.82 Å². The number of hydrogen-bond acceptors (Lipinski definition) is 9. The molecule has 1 aliphatic heterocycles. The number of aliphatic hydroxyl groups excluding tert-OH is 1. The van der Waals surface area contributed by atoms with E-state index < -0.39 is 33.6 Å². The summed E-state index contributed by atoms with van der Waals surface area (Å²) in [5, 5.41) is 20.4. The van der Waals surface area contributed by atoms with Crippen LogP contribution in [0.5, 0.6) is 0 Å². The lowest BCUT2D eigenvalue weighted by molar-refractivity contribution is -0.389. The minimum Gasteiger partial charge on any atom is -0.479 e. The highest BCUT2D eigenvalue weighted by molar-refractivity contribution is 7.86. The van der Waals surface area contributed by atoms with Crippen molar-refractivity contribution in [3.63, 3.8) is 0 Å². The van der Waals surface area contributed by atoms with E-state index in [1.54, 1.807) is 30.7 Å². The molecule has 11 nitrogen and oxygen atoms in total. The molecule has 1 aromatic carbocycles. The van der Waals surface area contributed by atoms with Crippen LogP contribution in [0.3, 0.4) is 0 Å². The molecular formula is C18H21ClN4O7S. The molecule has 1 N–H and O–H groups in total. The fourth-order valence-corrected chi connectivity index (χ4v) is 3.38. The van der Waals surface area contributed by atoms with Gasteiger partial charge in [0.05, 0.1) is 23.9 Å². The topological polar surface area (TPSA) is 146 Å². The van der Waals surface area contributed by atoms with Crippen LogP contribution >= 0.6 is 11.6 Å². The van der Waals surface area contributed by atoms with Crippen molar-refractivity contribution in [3.8, 4) is 0 Å². The second-order valence-corrected chi connectivity index (χ2v) is 8.22. The minimum atomic E-state index is -3.96. The average Bonchev–Trinajstić information content (AvgIpc) is 3.14. The number of hydrogen-bond donors (Lipinski definition) is 1. The number of allylic oxidation sites excluding steroid dienone is 1. The number of nitro groups is 1. The zero-order valence-corrected chi connectivity index (χ0v) is 18.1. The van der Waals surface area contributed by atoms with E-state index in [9.17, 15) is 23.6 Å². The van der Waals surface area contributed by atoms with Gasteiger partial charge in [0.1, 0.15) is 6.20 Å². The second-order valence-electron chi connectivity index (χ2n) is 6.27. The fourth-order valence-electron chi connectivity index (χ4n) is 2.22. The van der Waals surface area contributed by atoms with Gasteiger partial charge in [-0.15, -0.1) is 0 Å². The third-order valence-electron chi connectivity index (χ3n) is 3.85. The third-order valence-corrected chi connectivity index (χ3v) is 5.44. The van der Waals surface area contributed by atoms with Crippen molar-refractivity contribution in [3.05, 3.63) is 63.8 Å². The molecule has 2 heterocycles. The maximum Gasteiger partial charge on any atom is 0.383 e. The second kappa shape index (κ2) is 11.6. The molecule has 1 unspecified atom stereocenters. The van der Waals surface area contributed by atoms with Crippen molar-refractivity contribution >= 4 is 33.8 Å². The SMILES string of the molecule is C1=COCN=C1.Cc1ccc(S(=O)(=O)OCC(O)CCn2cc([N+](=O)[O-])nc2Cl)cc1. The van der Waals surface area contributed by atoms with Crippen LogP contribution in [0.1, 0.15) is 12.0 Å². The Bertz CT molecular complexity index is 1020. The van der Waals surface area contributed by atoms with Gasteiger partial charge in [-0.05, 0) is 53.1 Å². The van der Waals surface area contributed by atoms with Gasteiger partial charge < -0.3 is 20.0 Å². The fraction of sp³-hybridized carbons (Fsp3) is 0.333. The minimum absolute atomic E-state index is 0.00132. The van der Waals surface area contributed by atoms with Gasteiger partial charge in [-0.1, -0.05) is 17.7 Å². The van der Waals surface area contributed by atoms with E-state index in [4.69, 9.17) is 20.5 Å². The molecule has 1 aromatic heterocycles. The molecule has 1 aliphatic rings. The zero-order valence-electron chi connectivity index (χ0n) is 16.5. The highest BCUT2D eigenvalue weighted by atomic mass is 35.5. The van der Waals surface area contributed by atoms with Crippen molar-refractivity contribution < 1.29 is 27.4 Å². The van der Waals surface area contributed by atoms with E-state index in [0.29, 0.717) is 6.73 Å². The Morgan fingerprint density at radius 1 is 1.39 bits per heavy atom. The average molecular weight is 473 g/mol. The van der Waals surface area contributed by atoms with Crippen LogP contribution in [0.25, 0.3) is 0 Å². The molecule has 2 aromatic rings. The largest absolute Gasteiger partial charge is 0.479 e. The lowest BCUT2D eigenvalue weighted by atomic mass is 10.2. The van der Waals surface area contributed by atoms with Crippen molar-refractivity contribution in [1.29, 1.82) is 0 Å². The molecule has 0 spiro atoms. The number of halogens is 1. The quantitative estimate of drug-likeness (QED) is 0.350. The highest BCUT2D eigenvalue weighted by Gasteiger charge is 2.20. The van der Waals surface area contributed by atoms with E-state index in [-0.39, 0.29) is 23.1 Å². The Hall–Kier alpha value is -2.80. The molecule has 31 heavy (non-hydrogen) atoms. The molecule has 0 saturated heterocycles. The van der Waals surface area contributed by atoms with Crippen LogP contribution in [-0.2, 0) is 25.6 Å². The first-order valence-electron chi connectivity index (χ1n) is 8.97. The van der Waals surface area contributed by atoms with Gasteiger partial charge in [0.25, 0.3) is 10.1 Å². The Labute approximate surface area is 183 Å². The van der Waals surface area contributed by atoms with E-state index >= 15 is 0 Å². The first kappa shape index (κ1) is 24.5. The number of aromatic nitrogens is 2. The van der Waals surface area contributed by atoms with Crippen LogP contribution in [0, 0.1) is 17.0 Å². The first-order chi connectivity index (χ1) is 14.7. The van der Waals surface area contributed by atoms with Crippen LogP contribution in [0.15, 0.2) is 52.7 Å². The smallest absolute Gasteiger partial charge is 0.383 e. The summed E-state index contributed by atoms with van der Waals surface area (Å²) in [5.41, 5.74) is 0.908. The summed E-state index contributed by atoms with van der Waals surface area (Å²) >= 11 is 5.75. The third kappa shape index (κ3) is 8.09. The van der Waals surface area contributed by atoms with Gasteiger partial charge in [0.15, 0.2) is 6.73 Å². The van der Waals surface area contributed by atoms with Crippen molar-refractivity contribution in [2.24, 2.45) is 4.99 Å². The summed E-state index contributed by atoms with van der Waals surface area (Å²) in [4.78, 5) is 17.2. The van der Waals surface area contributed by atoms with E-state index in [0.717, 1.165) is 11.8 Å². The van der Waals surface area contributed by atoms with Crippen LogP contribution < -0.4 is 0 Å². The molecular weight excluding hydrogens is 452 g/mol. The normalized spacial score (nSPS) is 13.8. The predicted octanol–water partition coefficient (Wildman–Crippen LogP) is 2.47. The predicted molar refractivity (Wildman–Crippen MR) is 112 cm³/mol. The molecule has 0 amide bonds. The van der Waals surface area contributed by atoms with Crippen LogP contribution in [-0.4, -0.2) is 53.7 Å². The number of nitrogens with zero attached hydrogens (tertiary/aromatic N) is 4. The molecule has 0 fully saturated rings. The van der Waals surface area contributed by atoms with Crippen molar-refractivity contribution in [1.82, 2.24) is 9.55 Å². The van der Waals surface area contributed by atoms with Gasteiger partial charge in [0.2, 0.25) is 0 Å². The number of imidazole rings is 1. The number of aryl methyl sites for hydroxylation is 2. The molecule has 0 radical (unpaired) electrons. The summed E-state index contributed by atoms with van der Waals surface area (Å²) in [6.45, 7) is 1.99. The molecule has 0 saturated carbocycles. The standard InChI is InChI=1S/C14H16ClN3O6S.C4H5NO/c1-10-2-4-12(5-3-10)25(22,23)24-9-11(19)6-7-17-8-13(18(20)21)16-14(17)15;1-2-5-4-6-3-1/h2-5,8,11,19H,6-7,9H2,1H3;1-3H,4H2. The van der Waals surface area contributed by atoms with E-state index in [1.165, 1.54) is 16.7 Å². The summed E-state index contributed by atoms with van der Waals surface area (Å²) in [5.74, 6) is -0.405. The number of benzene rings is 1. The summed E-state index contributed by atoms with van der Waals surface area (Å²) in [6.07, 6.45) is 5.20. The van der Waals surface area contributed by atoms with Gasteiger partial charge >= 0.3 is 11.1 Å². The number of aliphatic imine (C=N–C) groups is 1. The van der Waals surface area contributed by atoms with Gasteiger partial charge in [-0.25, -0.2) is 0 Å². The highest BCUT2D eigenvalue weighted by Crippen LogP contribution is 2.17. The molecule has 3 rings (SSSR count). The molecule has 13 heteroatoms. The molecule has 0 bridgehead atoms.